The summed E-state index contributed by atoms with van der Waals surface area (Å²) in [6.07, 6.45) is 0. The predicted molar refractivity (Wildman–Crippen MR) is 131 cm³/mol. The fourth-order valence-corrected chi connectivity index (χ4v) is 3.99. The molecule has 0 spiro atoms. The van der Waals surface area contributed by atoms with Crippen LogP contribution < -0.4 is 4.74 Å². The highest BCUT2D eigenvalue weighted by molar-refractivity contribution is 6.01. The smallest absolute Gasteiger partial charge is 0.142 e. The second-order valence-corrected chi connectivity index (χ2v) is 7.98. The minimum atomic E-state index is -0.270. The zero-order valence-electron chi connectivity index (χ0n) is 19.3. The summed E-state index contributed by atoms with van der Waals surface area (Å²) in [7, 11) is 1.65. The van der Waals surface area contributed by atoms with E-state index in [4.69, 9.17) is 9.57 Å². The van der Waals surface area contributed by atoms with Gasteiger partial charge in [-0.05, 0) is 74.4 Å². The van der Waals surface area contributed by atoms with Crippen LogP contribution >= 0.6 is 0 Å². The lowest BCUT2D eigenvalue weighted by molar-refractivity contribution is 0.130. The van der Waals surface area contributed by atoms with Crippen LogP contribution in [0.1, 0.15) is 29.3 Å². The Morgan fingerprint density at radius 2 is 1.70 bits per heavy atom. The molecule has 0 aliphatic carbocycles. The third-order valence-electron chi connectivity index (χ3n) is 5.62. The summed E-state index contributed by atoms with van der Waals surface area (Å²) in [6.45, 7) is 6.42. The summed E-state index contributed by atoms with van der Waals surface area (Å²) in [6, 6.07) is 24.6. The largest absolute Gasteiger partial charge is 0.495 e. The molecule has 0 N–H and O–H groups in total. The van der Waals surface area contributed by atoms with Crippen molar-refractivity contribution >= 4 is 5.71 Å². The number of ether oxygens (including phenoxy) is 1. The first-order valence-corrected chi connectivity index (χ1v) is 10.8. The maximum absolute atomic E-state index is 13.6. The molecule has 0 unspecified atom stereocenters. The van der Waals surface area contributed by atoms with E-state index < -0.39 is 0 Å². The Bertz CT molecular complexity index is 1290. The van der Waals surface area contributed by atoms with E-state index >= 15 is 0 Å². The lowest BCUT2D eigenvalue weighted by atomic mass is 10.1. The highest BCUT2D eigenvalue weighted by Crippen LogP contribution is 2.34. The number of para-hydroxylation sites is 2. The van der Waals surface area contributed by atoms with Crippen molar-refractivity contribution < 1.29 is 14.0 Å². The molecule has 0 saturated heterocycles. The number of rotatable bonds is 7. The van der Waals surface area contributed by atoms with Crippen molar-refractivity contribution in [3.63, 3.8) is 0 Å². The van der Waals surface area contributed by atoms with E-state index in [2.05, 4.69) is 34.8 Å². The second kappa shape index (κ2) is 9.74. The van der Waals surface area contributed by atoms with Gasteiger partial charge in [0, 0.05) is 11.3 Å². The number of benzene rings is 3. The van der Waals surface area contributed by atoms with Crippen LogP contribution in [-0.4, -0.2) is 17.4 Å². The van der Waals surface area contributed by atoms with E-state index in [1.807, 2.05) is 50.2 Å². The molecule has 0 bridgehead atoms. The van der Waals surface area contributed by atoms with Crippen molar-refractivity contribution in [2.75, 3.05) is 7.11 Å². The van der Waals surface area contributed by atoms with E-state index in [-0.39, 0.29) is 5.82 Å². The normalized spacial score (nSPS) is 11.5. The van der Waals surface area contributed by atoms with E-state index in [0.29, 0.717) is 6.61 Å². The maximum Gasteiger partial charge on any atom is 0.142 e. The molecule has 0 atom stereocenters. The summed E-state index contributed by atoms with van der Waals surface area (Å²) in [5.74, 6) is 0.477. The van der Waals surface area contributed by atoms with Crippen molar-refractivity contribution in [3.8, 4) is 22.7 Å². The number of hydrogen-bond acceptors (Lipinski definition) is 3. The molecular weight excluding hydrogens is 415 g/mol. The third kappa shape index (κ3) is 4.82. The van der Waals surface area contributed by atoms with Crippen LogP contribution in [0.25, 0.3) is 16.9 Å². The Labute approximate surface area is 193 Å². The average molecular weight is 443 g/mol. The first kappa shape index (κ1) is 22.3. The molecule has 33 heavy (non-hydrogen) atoms. The standard InChI is InChI=1S/C28H27FN2O2/c1-19-8-7-9-22(16-19)18-33-30-20(2)25-17-27(23-12-14-24(29)15-13-23)31(21(25)3)26-10-5-6-11-28(26)32-4/h5-17H,18H2,1-4H3/b30-20-. The molecule has 1 aromatic heterocycles. The molecule has 0 radical (unpaired) electrons. The SMILES string of the molecule is COc1ccccc1-n1c(-c2ccc(F)cc2)cc(/C(C)=N\OCc2cccc(C)c2)c1C. The minimum absolute atomic E-state index is 0.270. The molecule has 4 nitrogen and oxygen atoms in total. The predicted octanol–water partition coefficient (Wildman–Crippen LogP) is 6.85. The van der Waals surface area contributed by atoms with Crippen molar-refractivity contribution in [1.82, 2.24) is 4.57 Å². The maximum atomic E-state index is 13.6. The van der Waals surface area contributed by atoms with Gasteiger partial charge in [0.25, 0.3) is 0 Å². The number of aromatic nitrogens is 1. The van der Waals surface area contributed by atoms with Gasteiger partial charge in [0.15, 0.2) is 0 Å². The van der Waals surface area contributed by atoms with E-state index in [9.17, 15) is 4.39 Å². The molecule has 0 saturated carbocycles. The van der Waals surface area contributed by atoms with Gasteiger partial charge in [-0.2, -0.15) is 0 Å². The first-order chi connectivity index (χ1) is 16.0. The van der Waals surface area contributed by atoms with Crippen molar-refractivity contribution in [2.45, 2.75) is 27.4 Å². The van der Waals surface area contributed by atoms with E-state index in [1.54, 1.807) is 19.2 Å². The Morgan fingerprint density at radius 1 is 0.939 bits per heavy atom. The fourth-order valence-electron chi connectivity index (χ4n) is 3.99. The summed E-state index contributed by atoms with van der Waals surface area (Å²) in [5.41, 5.74) is 7.66. The number of halogens is 1. The average Bonchev–Trinajstić information content (AvgIpc) is 3.16. The zero-order valence-corrected chi connectivity index (χ0v) is 19.3. The van der Waals surface area contributed by atoms with Crippen LogP contribution in [0.15, 0.2) is 84.0 Å². The number of methoxy groups -OCH3 is 1. The number of nitrogens with zero attached hydrogens (tertiary/aromatic N) is 2. The minimum Gasteiger partial charge on any atom is -0.495 e. The topological polar surface area (TPSA) is 35.8 Å². The lowest BCUT2D eigenvalue weighted by Gasteiger charge is -2.15. The van der Waals surface area contributed by atoms with Gasteiger partial charge < -0.3 is 14.1 Å². The van der Waals surface area contributed by atoms with Gasteiger partial charge in [-0.3, -0.25) is 0 Å². The highest BCUT2D eigenvalue weighted by Gasteiger charge is 2.19. The van der Waals surface area contributed by atoms with Gasteiger partial charge in [0.05, 0.1) is 24.2 Å². The van der Waals surface area contributed by atoms with Crippen LogP contribution in [0.5, 0.6) is 5.75 Å². The van der Waals surface area contributed by atoms with Crippen molar-refractivity contribution in [2.24, 2.45) is 5.16 Å². The molecule has 0 aliphatic heterocycles. The molecule has 0 amide bonds. The Hall–Kier alpha value is -3.86. The first-order valence-electron chi connectivity index (χ1n) is 10.8. The summed E-state index contributed by atoms with van der Waals surface area (Å²) >= 11 is 0. The zero-order chi connectivity index (χ0) is 23.4. The van der Waals surface area contributed by atoms with Gasteiger partial charge in [-0.15, -0.1) is 0 Å². The van der Waals surface area contributed by atoms with Gasteiger partial charge >= 0.3 is 0 Å². The van der Waals surface area contributed by atoms with Crippen LogP contribution in [0, 0.1) is 19.7 Å². The Kier molecular flexibility index (Phi) is 6.59. The highest BCUT2D eigenvalue weighted by atomic mass is 19.1. The van der Waals surface area contributed by atoms with Gasteiger partial charge in [0.1, 0.15) is 18.2 Å². The summed E-state index contributed by atoms with van der Waals surface area (Å²) in [4.78, 5) is 5.67. The van der Waals surface area contributed by atoms with Gasteiger partial charge in [0.2, 0.25) is 0 Å². The number of hydrogen-bond donors (Lipinski definition) is 0. The molecular formula is C28H27FN2O2. The van der Waals surface area contributed by atoms with Crippen molar-refractivity contribution in [3.05, 3.63) is 107 Å². The van der Waals surface area contributed by atoms with Gasteiger partial charge in [-0.25, -0.2) is 4.39 Å². The third-order valence-corrected chi connectivity index (χ3v) is 5.62. The van der Waals surface area contributed by atoms with Crippen LogP contribution in [-0.2, 0) is 11.4 Å². The molecule has 5 heteroatoms. The lowest BCUT2D eigenvalue weighted by Crippen LogP contribution is -2.04. The summed E-state index contributed by atoms with van der Waals surface area (Å²) < 4.78 is 21.3. The number of oxime groups is 1. The molecule has 4 rings (SSSR count). The quantitative estimate of drug-likeness (QED) is 0.232. The van der Waals surface area contributed by atoms with Gasteiger partial charge in [-0.1, -0.05) is 47.1 Å². The number of aryl methyl sites for hydroxylation is 1. The molecule has 0 aliphatic rings. The van der Waals surface area contributed by atoms with Crippen LogP contribution in [0.4, 0.5) is 4.39 Å². The molecule has 3 aromatic carbocycles. The molecule has 168 valence electrons. The Balaban J connectivity index is 1.75. The van der Waals surface area contributed by atoms with E-state index in [0.717, 1.165) is 45.2 Å². The monoisotopic (exact) mass is 442 g/mol. The summed E-state index contributed by atoms with van der Waals surface area (Å²) in [5, 5.41) is 4.39. The van der Waals surface area contributed by atoms with Crippen LogP contribution in [0.2, 0.25) is 0 Å². The fraction of sp³-hybridized carbons (Fsp3) is 0.179. The molecule has 0 fully saturated rings. The molecule has 4 aromatic rings. The van der Waals surface area contributed by atoms with Crippen molar-refractivity contribution in [1.29, 1.82) is 0 Å². The van der Waals surface area contributed by atoms with E-state index in [1.165, 1.54) is 17.7 Å². The second-order valence-electron chi connectivity index (χ2n) is 7.98. The molecule has 1 heterocycles. The van der Waals surface area contributed by atoms with Crippen LogP contribution in [0.3, 0.4) is 0 Å². The Morgan fingerprint density at radius 3 is 2.42 bits per heavy atom.